The maximum absolute atomic E-state index is 12.3. The van der Waals surface area contributed by atoms with Crippen LogP contribution in [-0.4, -0.2) is 40.0 Å². The molecule has 5 nitrogen and oxygen atoms in total. The van der Waals surface area contributed by atoms with Crippen LogP contribution in [0.1, 0.15) is 23.2 Å². The van der Waals surface area contributed by atoms with Crippen molar-refractivity contribution in [1.82, 2.24) is 14.9 Å². The molecule has 2 aromatic heterocycles. The fourth-order valence-electron chi connectivity index (χ4n) is 2.49. The lowest BCUT2D eigenvalue weighted by atomic mass is 10.1. The number of aromatic nitrogens is 2. The van der Waals surface area contributed by atoms with Crippen molar-refractivity contribution in [3.05, 3.63) is 53.6 Å². The van der Waals surface area contributed by atoms with Gasteiger partial charge in [-0.1, -0.05) is 11.6 Å². The number of ether oxygens (including phenoxy) is 1. The molecule has 0 N–H and O–H groups in total. The minimum Gasteiger partial charge on any atom is -0.489 e. The van der Waals surface area contributed by atoms with Crippen LogP contribution in [0.15, 0.2) is 43.0 Å². The number of likely N-dealkylation sites (tertiary alicyclic amines) is 1. The Kier molecular flexibility index (Phi) is 4.53. The van der Waals surface area contributed by atoms with Crippen molar-refractivity contribution in [2.45, 2.75) is 18.9 Å². The molecule has 0 saturated carbocycles. The van der Waals surface area contributed by atoms with Crippen LogP contribution in [0, 0.1) is 0 Å². The van der Waals surface area contributed by atoms with E-state index in [-0.39, 0.29) is 12.0 Å². The molecule has 0 aliphatic carbocycles. The van der Waals surface area contributed by atoms with Crippen LogP contribution in [0.5, 0.6) is 5.75 Å². The number of amides is 1. The van der Waals surface area contributed by atoms with E-state index in [1.165, 1.54) is 0 Å². The monoisotopic (exact) mass is 317 g/mol. The molecular formula is C16H16ClN3O2. The summed E-state index contributed by atoms with van der Waals surface area (Å²) in [6.07, 6.45) is 8.12. The van der Waals surface area contributed by atoms with Gasteiger partial charge in [0.05, 0.1) is 5.56 Å². The van der Waals surface area contributed by atoms with Gasteiger partial charge in [-0.15, -0.1) is 0 Å². The van der Waals surface area contributed by atoms with Gasteiger partial charge in [0.15, 0.2) is 0 Å². The summed E-state index contributed by atoms with van der Waals surface area (Å²) in [5.41, 5.74) is 0.624. The second-order valence-corrected chi connectivity index (χ2v) is 5.56. The van der Waals surface area contributed by atoms with Crippen LogP contribution in [0.4, 0.5) is 0 Å². The Morgan fingerprint density at radius 2 is 1.95 bits per heavy atom. The summed E-state index contributed by atoms with van der Waals surface area (Å²) in [6.45, 7) is 1.34. The molecule has 1 amide bonds. The van der Waals surface area contributed by atoms with E-state index in [1.54, 1.807) is 43.0 Å². The molecule has 114 valence electrons. The van der Waals surface area contributed by atoms with Crippen molar-refractivity contribution in [2.24, 2.45) is 0 Å². The Hall–Kier alpha value is -2.14. The Morgan fingerprint density at radius 3 is 2.64 bits per heavy atom. The van der Waals surface area contributed by atoms with Crippen molar-refractivity contribution in [2.75, 3.05) is 13.1 Å². The second-order valence-electron chi connectivity index (χ2n) is 5.16. The standard InChI is InChI=1S/C16H16ClN3O2/c17-14-11-19-7-3-15(14)22-13-4-8-20(9-5-13)16(21)12-2-1-6-18-10-12/h1-3,6-7,10-11,13H,4-5,8-9H2. The smallest absolute Gasteiger partial charge is 0.255 e. The average molecular weight is 318 g/mol. The number of carbonyl (C=O) groups is 1. The van der Waals surface area contributed by atoms with Crippen LogP contribution in [-0.2, 0) is 0 Å². The summed E-state index contributed by atoms with van der Waals surface area (Å²) in [4.78, 5) is 22.1. The molecular weight excluding hydrogens is 302 g/mol. The second kappa shape index (κ2) is 6.75. The number of piperidine rings is 1. The predicted molar refractivity (Wildman–Crippen MR) is 83.0 cm³/mol. The first-order valence-electron chi connectivity index (χ1n) is 7.19. The fraction of sp³-hybridized carbons (Fsp3) is 0.312. The van der Waals surface area contributed by atoms with Crippen LogP contribution in [0.2, 0.25) is 5.02 Å². The predicted octanol–water partition coefficient (Wildman–Crippen LogP) is 2.81. The number of rotatable bonds is 3. The first-order valence-corrected chi connectivity index (χ1v) is 7.57. The third-order valence-electron chi connectivity index (χ3n) is 3.67. The zero-order valence-corrected chi connectivity index (χ0v) is 12.7. The van der Waals surface area contributed by atoms with Gasteiger partial charge in [0.2, 0.25) is 0 Å². The number of nitrogens with zero attached hydrogens (tertiary/aromatic N) is 3. The van der Waals surface area contributed by atoms with Crippen molar-refractivity contribution in [3.63, 3.8) is 0 Å². The third kappa shape index (κ3) is 3.36. The van der Waals surface area contributed by atoms with E-state index >= 15 is 0 Å². The summed E-state index contributed by atoms with van der Waals surface area (Å²) in [7, 11) is 0. The Morgan fingerprint density at radius 1 is 1.18 bits per heavy atom. The summed E-state index contributed by atoms with van der Waals surface area (Å²) in [5, 5.41) is 0.511. The lowest BCUT2D eigenvalue weighted by molar-refractivity contribution is 0.0595. The van der Waals surface area contributed by atoms with E-state index in [0.717, 1.165) is 12.8 Å². The SMILES string of the molecule is O=C(c1cccnc1)N1CCC(Oc2ccncc2Cl)CC1. The topological polar surface area (TPSA) is 55.3 Å². The van der Waals surface area contributed by atoms with Gasteiger partial charge in [-0.3, -0.25) is 14.8 Å². The molecule has 0 aromatic carbocycles. The van der Waals surface area contributed by atoms with Gasteiger partial charge < -0.3 is 9.64 Å². The highest BCUT2D eigenvalue weighted by Crippen LogP contribution is 2.26. The Bertz CT molecular complexity index is 643. The molecule has 3 heterocycles. The summed E-state index contributed by atoms with van der Waals surface area (Å²) < 4.78 is 5.90. The first kappa shape index (κ1) is 14.8. The van der Waals surface area contributed by atoms with E-state index in [2.05, 4.69) is 9.97 Å². The molecule has 0 atom stereocenters. The molecule has 1 aliphatic heterocycles. The van der Waals surface area contributed by atoms with Gasteiger partial charge in [-0.05, 0) is 12.1 Å². The largest absolute Gasteiger partial charge is 0.489 e. The van der Waals surface area contributed by atoms with E-state index in [1.807, 2.05) is 4.90 Å². The highest BCUT2D eigenvalue weighted by atomic mass is 35.5. The first-order chi connectivity index (χ1) is 10.7. The minimum atomic E-state index is 0.0218. The van der Waals surface area contributed by atoms with Crippen molar-refractivity contribution in [1.29, 1.82) is 0 Å². The minimum absolute atomic E-state index is 0.0218. The zero-order valence-electron chi connectivity index (χ0n) is 12.0. The number of carbonyl (C=O) groups excluding carboxylic acids is 1. The van der Waals surface area contributed by atoms with Gasteiger partial charge in [0.25, 0.3) is 5.91 Å². The normalized spacial score (nSPS) is 15.6. The Labute approximate surface area is 133 Å². The van der Waals surface area contributed by atoms with E-state index in [0.29, 0.717) is 29.4 Å². The quantitative estimate of drug-likeness (QED) is 0.873. The van der Waals surface area contributed by atoms with Gasteiger partial charge in [0.1, 0.15) is 16.9 Å². The molecule has 1 aliphatic rings. The van der Waals surface area contributed by atoms with Gasteiger partial charge in [-0.2, -0.15) is 0 Å². The summed E-state index contributed by atoms with van der Waals surface area (Å²) in [6, 6.07) is 5.32. The molecule has 2 aromatic rings. The number of pyridine rings is 2. The molecule has 22 heavy (non-hydrogen) atoms. The lowest BCUT2D eigenvalue weighted by Crippen LogP contribution is -2.41. The van der Waals surface area contributed by atoms with E-state index in [9.17, 15) is 4.79 Å². The van der Waals surface area contributed by atoms with Crippen molar-refractivity contribution in [3.8, 4) is 5.75 Å². The maximum Gasteiger partial charge on any atom is 0.255 e. The number of halogens is 1. The van der Waals surface area contributed by atoms with E-state index in [4.69, 9.17) is 16.3 Å². The van der Waals surface area contributed by atoms with Crippen LogP contribution >= 0.6 is 11.6 Å². The van der Waals surface area contributed by atoms with Crippen LogP contribution < -0.4 is 4.74 Å². The fourth-order valence-corrected chi connectivity index (χ4v) is 2.65. The molecule has 3 rings (SSSR count). The lowest BCUT2D eigenvalue weighted by Gasteiger charge is -2.32. The molecule has 1 fully saturated rings. The molecule has 0 bridgehead atoms. The third-order valence-corrected chi connectivity index (χ3v) is 3.95. The zero-order chi connectivity index (χ0) is 15.4. The maximum atomic E-state index is 12.3. The van der Waals surface area contributed by atoms with Crippen molar-refractivity contribution >= 4 is 17.5 Å². The van der Waals surface area contributed by atoms with Crippen LogP contribution in [0.3, 0.4) is 0 Å². The van der Waals surface area contributed by atoms with E-state index < -0.39 is 0 Å². The number of hydrogen-bond acceptors (Lipinski definition) is 4. The van der Waals surface area contributed by atoms with Gasteiger partial charge in [-0.25, -0.2) is 0 Å². The molecule has 0 spiro atoms. The number of hydrogen-bond donors (Lipinski definition) is 0. The molecule has 0 radical (unpaired) electrons. The highest BCUT2D eigenvalue weighted by Gasteiger charge is 2.25. The summed E-state index contributed by atoms with van der Waals surface area (Å²) in [5.74, 6) is 0.669. The van der Waals surface area contributed by atoms with Crippen LogP contribution in [0.25, 0.3) is 0 Å². The molecule has 0 unspecified atom stereocenters. The average Bonchev–Trinajstić information content (AvgIpc) is 2.58. The van der Waals surface area contributed by atoms with Gasteiger partial charge in [0, 0.05) is 56.8 Å². The Balaban J connectivity index is 1.57. The molecule has 1 saturated heterocycles. The summed E-state index contributed by atoms with van der Waals surface area (Å²) >= 11 is 6.04. The molecule has 6 heteroatoms. The van der Waals surface area contributed by atoms with Crippen molar-refractivity contribution < 1.29 is 9.53 Å². The highest BCUT2D eigenvalue weighted by molar-refractivity contribution is 6.31. The van der Waals surface area contributed by atoms with Gasteiger partial charge >= 0.3 is 0 Å².